The van der Waals surface area contributed by atoms with Crippen molar-refractivity contribution < 1.29 is 28.5 Å². The van der Waals surface area contributed by atoms with Gasteiger partial charge in [-0.3, -0.25) is 14.9 Å². The Morgan fingerprint density at radius 1 is 0.852 bits per heavy atom. The van der Waals surface area contributed by atoms with Crippen molar-refractivity contribution in [3.63, 3.8) is 0 Å². The lowest BCUT2D eigenvalue weighted by molar-refractivity contribution is -0.141. The average molecular weight is 744 g/mol. The number of aromatic nitrogens is 4. The van der Waals surface area contributed by atoms with E-state index in [4.69, 9.17) is 23.9 Å². The van der Waals surface area contributed by atoms with Gasteiger partial charge in [-0.1, -0.05) is 24.6 Å². The highest BCUT2D eigenvalue weighted by Crippen LogP contribution is 2.36. The van der Waals surface area contributed by atoms with Crippen LogP contribution in [-0.2, 0) is 29.3 Å². The molecule has 1 atom stereocenters. The van der Waals surface area contributed by atoms with Crippen LogP contribution in [0.4, 0.5) is 11.4 Å². The summed E-state index contributed by atoms with van der Waals surface area (Å²) in [6, 6.07) is 20.8. The predicted octanol–water partition coefficient (Wildman–Crippen LogP) is 6.62. The number of nitrogens with zero attached hydrogens (tertiary/aromatic N) is 4. The van der Waals surface area contributed by atoms with Crippen LogP contribution in [0.25, 0.3) is 11.4 Å². The van der Waals surface area contributed by atoms with Gasteiger partial charge in [-0.05, 0) is 94.1 Å². The van der Waals surface area contributed by atoms with Gasteiger partial charge in [-0.15, -0.1) is 0 Å². The van der Waals surface area contributed by atoms with Crippen LogP contribution in [0.15, 0.2) is 73.1 Å². The van der Waals surface area contributed by atoms with E-state index in [2.05, 4.69) is 91.9 Å². The second kappa shape index (κ2) is 22.0. The van der Waals surface area contributed by atoms with Gasteiger partial charge < -0.3 is 39.2 Å². The minimum absolute atomic E-state index is 0.0788. The number of carbonyl (C=O) groups is 1. The lowest BCUT2D eigenvalue weighted by Crippen LogP contribution is -2.46. The Balaban J connectivity index is 1.01. The number of hydrogen-bond acceptors (Lipinski definition) is 12. The van der Waals surface area contributed by atoms with Crippen LogP contribution in [0.2, 0.25) is 0 Å². The molecule has 0 bridgehead atoms. The van der Waals surface area contributed by atoms with E-state index in [0.29, 0.717) is 45.5 Å². The standard InChI is InChI=1S/C41H57N7O6/c1-32(34-10-8-13-37(30-34)54-24-7-5-4-6-23-51-26-28-53-29-27-52-25-16-38(49)50-3)43-35-11-9-12-36(31-35)45-41(17-21-48(2)22-18-41)40-44-39(46-47-40)33-14-19-42-20-15-33/h8-15,19-20,30-32,43,45H,4-7,16-18,21-29H2,1-3H3,(H,44,46,47)/t32-/m1/s1. The largest absolute Gasteiger partial charge is 0.494 e. The number of methoxy groups -OCH3 is 1. The van der Waals surface area contributed by atoms with Gasteiger partial charge in [-0.25, -0.2) is 4.98 Å². The van der Waals surface area contributed by atoms with Crippen molar-refractivity contribution in [2.45, 2.75) is 63.5 Å². The van der Waals surface area contributed by atoms with E-state index < -0.39 is 0 Å². The van der Waals surface area contributed by atoms with Crippen LogP contribution < -0.4 is 15.4 Å². The summed E-state index contributed by atoms with van der Waals surface area (Å²) in [4.78, 5) is 22.5. The quantitative estimate of drug-likeness (QED) is 0.0524. The van der Waals surface area contributed by atoms with Crippen molar-refractivity contribution >= 4 is 17.3 Å². The summed E-state index contributed by atoms with van der Waals surface area (Å²) in [6.45, 7) is 7.86. The van der Waals surface area contributed by atoms with Crippen LogP contribution in [0, 0.1) is 0 Å². The van der Waals surface area contributed by atoms with E-state index in [0.717, 1.165) is 92.3 Å². The van der Waals surface area contributed by atoms with Gasteiger partial charge in [0.25, 0.3) is 0 Å². The molecule has 1 aliphatic rings. The number of anilines is 2. The zero-order chi connectivity index (χ0) is 37.9. The number of esters is 1. The Kier molecular flexibility index (Phi) is 16.5. The van der Waals surface area contributed by atoms with Crippen LogP contribution in [0.3, 0.4) is 0 Å². The van der Waals surface area contributed by atoms with Crippen LogP contribution in [0.5, 0.6) is 5.75 Å². The highest BCUT2D eigenvalue weighted by atomic mass is 16.5. The Morgan fingerprint density at radius 3 is 2.30 bits per heavy atom. The molecule has 4 aromatic rings. The fraction of sp³-hybridized carbons (Fsp3) is 0.512. The summed E-state index contributed by atoms with van der Waals surface area (Å²) < 4.78 is 27.2. The van der Waals surface area contributed by atoms with Crippen molar-refractivity contribution in [2.24, 2.45) is 0 Å². The average Bonchev–Trinajstić information content (AvgIpc) is 3.71. The molecular weight excluding hydrogens is 686 g/mol. The molecule has 0 amide bonds. The third kappa shape index (κ3) is 13.1. The highest BCUT2D eigenvalue weighted by molar-refractivity contribution is 5.69. The molecule has 3 heterocycles. The molecule has 54 heavy (non-hydrogen) atoms. The predicted molar refractivity (Wildman–Crippen MR) is 210 cm³/mol. The number of H-pyrrole nitrogens is 1. The molecule has 2 aromatic heterocycles. The summed E-state index contributed by atoms with van der Waals surface area (Å²) in [5, 5.41) is 15.4. The van der Waals surface area contributed by atoms with E-state index >= 15 is 0 Å². The number of hydrogen-bond donors (Lipinski definition) is 3. The molecular formula is C41H57N7O6. The first-order valence-electron chi connectivity index (χ1n) is 19.1. The molecule has 13 nitrogen and oxygen atoms in total. The van der Waals surface area contributed by atoms with Gasteiger partial charge in [0.05, 0.1) is 58.7 Å². The third-order valence-corrected chi connectivity index (χ3v) is 9.58. The molecule has 0 spiro atoms. The van der Waals surface area contributed by atoms with Gasteiger partial charge in [0.1, 0.15) is 5.75 Å². The number of likely N-dealkylation sites (tertiary alicyclic amines) is 1. The summed E-state index contributed by atoms with van der Waals surface area (Å²) in [6.07, 6.45) is 9.78. The minimum atomic E-state index is -0.364. The molecule has 0 radical (unpaired) electrons. The smallest absolute Gasteiger partial charge is 0.307 e. The molecule has 2 aromatic carbocycles. The van der Waals surface area contributed by atoms with Crippen LogP contribution >= 0.6 is 0 Å². The highest BCUT2D eigenvalue weighted by Gasteiger charge is 2.38. The maximum Gasteiger partial charge on any atom is 0.307 e. The van der Waals surface area contributed by atoms with Gasteiger partial charge in [0.2, 0.25) is 0 Å². The number of pyridine rings is 1. The number of aromatic amines is 1. The second-order valence-electron chi connectivity index (χ2n) is 13.7. The van der Waals surface area contributed by atoms with Crippen LogP contribution in [0.1, 0.15) is 69.3 Å². The number of ether oxygens (including phenoxy) is 5. The maximum atomic E-state index is 11.0. The first kappa shape index (κ1) is 40.6. The van der Waals surface area contributed by atoms with E-state index in [-0.39, 0.29) is 24.0 Å². The molecule has 292 valence electrons. The van der Waals surface area contributed by atoms with Crippen molar-refractivity contribution in [2.75, 3.05) is 84.1 Å². The van der Waals surface area contributed by atoms with Gasteiger partial charge in [0.15, 0.2) is 11.6 Å². The van der Waals surface area contributed by atoms with Crippen molar-refractivity contribution in [1.29, 1.82) is 0 Å². The van der Waals surface area contributed by atoms with Crippen LogP contribution in [-0.4, -0.2) is 105 Å². The lowest BCUT2D eigenvalue weighted by Gasteiger charge is -2.40. The zero-order valence-electron chi connectivity index (χ0n) is 32.1. The van der Waals surface area contributed by atoms with E-state index in [1.807, 2.05) is 18.2 Å². The molecule has 1 saturated heterocycles. The summed E-state index contributed by atoms with van der Waals surface area (Å²) >= 11 is 0. The van der Waals surface area contributed by atoms with E-state index in [1.54, 1.807) is 12.4 Å². The van der Waals surface area contributed by atoms with Gasteiger partial charge >= 0.3 is 5.97 Å². The normalized spacial score (nSPS) is 14.7. The fourth-order valence-corrected chi connectivity index (χ4v) is 6.35. The Bertz CT molecular complexity index is 1660. The maximum absolute atomic E-state index is 11.0. The molecule has 0 saturated carbocycles. The van der Waals surface area contributed by atoms with Gasteiger partial charge in [0, 0.05) is 55.1 Å². The number of carbonyl (C=O) groups excluding carboxylic acids is 1. The Labute approximate surface area is 319 Å². The molecule has 0 unspecified atom stereocenters. The lowest BCUT2D eigenvalue weighted by atomic mass is 9.86. The molecule has 3 N–H and O–H groups in total. The van der Waals surface area contributed by atoms with Crippen molar-refractivity contribution in [3.05, 3.63) is 84.4 Å². The Morgan fingerprint density at radius 2 is 1.54 bits per heavy atom. The monoisotopic (exact) mass is 743 g/mol. The second-order valence-corrected chi connectivity index (χ2v) is 13.7. The summed E-state index contributed by atoms with van der Waals surface area (Å²) in [7, 11) is 3.53. The van der Waals surface area contributed by atoms with Crippen molar-refractivity contribution in [1.82, 2.24) is 25.1 Å². The molecule has 5 rings (SSSR count). The number of benzene rings is 2. The molecule has 13 heteroatoms. The number of unbranched alkanes of at least 4 members (excludes halogenated alkanes) is 3. The SMILES string of the molecule is COC(=O)CCOCCOCCOCCCCCCOc1cccc([C@@H](C)Nc2cccc(NC3(c4nc(-c5ccncc5)n[nH]4)CCN(C)CC3)c2)c1. The minimum Gasteiger partial charge on any atom is -0.494 e. The molecule has 1 aliphatic heterocycles. The first-order valence-corrected chi connectivity index (χ1v) is 19.1. The topological polar surface area (TPSA) is 145 Å². The number of rotatable bonds is 24. The number of nitrogens with one attached hydrogen (secondary N) is 3. The fourth-order valence-electron chi connectivity index (χ4n) is 6.35. The van der Waals surface area contributed by atoms with E-state index in [9.17, 15) is 4.79 Å². The summed E-state index contributed by atoms with van der Waals surface area (Å²) in [5.41, 5.74) is 3.80. The van der Waals surface area contributed by atoms with Crippen molar-refractivity contribution in [3.8, 4) is 17.1 Å². The van der Waals surface area contributed by atoms with Gasteiger partial charge in [-0.2, -0.15) is 5.10 Å². The third-order valence-electron chi connectivity index (χ3n) is 9.58. The molecule has 0 aliphatic carbocycles. The first-order chi connectivity index (χ1) is 26.4. The Hall–Kier alpha value is -4.56. The molecule has 1 fully saturated rings. The number of piperidine rings is 1. The summed E-state index contributed by atoms with van der Waals surface area (Å²) in [5.74, 6) is 2.15. The van der Waals surface area contributed by atoms with E-state index in [1.165, 1.54) is 7.11 Å². The zero-order valence-corrected chi connectivity index (χ0v) is 32.1.